The molecule has 3 rings (SSSR count). The fourth-order valence-electron chi connectivity index (χ4n) is 3.22. The van der Waals surface area contributed by atoms with E-state index in [9.17, 15) is 0 Å². The monoisotopic (exact) mass is 260 g/mol. The first kappa shape index (κ1) is 12.9. The first-order valence-electron chi connectivity index (χ1n) is 7.70. The van der Waals surface area contributed by atoms with Gasteiger partial charge in [0, 0.05) is 6.04 Å². The van der Waals surface area contributed by atoms with E-state index in [2.05, 4.69) is 33.0 Å². The molecular formula is C15H24N4. The summed E-state index contributed by atoms with van der Waals surface area (Å²) in [5.41, 5.74) is 1.13. The minimum atomic E-state index is 0.614. The standard InChI is InChI=1S/C15H24N4/c1-2-6-13(5-1)17-15-8-7-14(18-19-15)10-12-4-3-9-16-11-12/h7-8,12-13,16H,1-6,9-11H2,(H,17,19)/t12-/m1/s1. The molecule has 1 aliphatic heterocycles. The third kappa shape index (κ3) is 3.66. The summed E-state index contributed by atoms with van der Waals surface area (Å²) in [7, 11) is 0. The Morgan fingerprint density at radius 1 is 1.11 bits per heavy atom. The van der Waals surface area contributed by atoms with Gasteiger partial charge in [-0.2, -0.15) is 5.10 Å². The summed E-state index contributed by atoms with van der Waals surface area (Å²) in [6, 6.07) is 4.85. The number of anilines is 1. The van der Waals surface area contributed by atoms with Crippen LogP contribution in [0.25, 0.3) is 0 Å². The number of nitrogens with one attached hydrogen (secondary N) is 2. The van der Waals surface area contributed by atoms with Gasteiger partial charge in [0.1, 0.15) is 5.82 Å². The highest BCUT2D eigenvalue weighted by Gasteiger charge is 2.16. The molecule has 2 aliphatic rings. The van der Waals surface area contributed by atoms with E-state index in [-0.39, 0.29) is 0 Å². The lowest BCUT2D eigenvalue weighted by Crippen LogP contribution is -2.31. The minimum absolute atomic E-state index is 0.614. The molecule has 4 heteroatoms. The third-order valence-corrected chi connectivity index (χ3v) is 4.32. The number of nitrogens with zero attached hydrogens (tertiary/aromatic N) is 2. The molecule has 4 nitrogen and oxygen atoms in total. The average Bonchev–Trinajstić information content (AvgIpc) is 2.95. The van der Waals surface area contributed by atoms with E-state index in [4.69, 9.17) is 0 Å². The Morgan fingerprint density at radius 3 is 2.68 bits per heavy atom. The van der Waals surface area contributed by atoms with Gasteiger partial charge in [0.05, 0.1) is 5.69 Å². The lowest BCUT2D eigenvalue weighted by Gasteiger charge is -2.22. The summed E-state index contributed by atoms with van der Waals surface area (Å²) < 4.78 is 0. The van der Waals surface area contributed by atoms with Gasteiger partial charge in [-0.15, -0.1) is 5.10 Å². The predicted molar refractivity (Wildman–Crippen MR) is 77.2 cm³/mol. The fraction of sp³-hybridized carbons (Fsp3) is 0.733. The van der Waals surface area contributed by atoms with Crippen molar-refractivity contribution in [3.05, 3.63) is 17.8 Å². The van der Waals surface area contributed by atoms with Crippen LogP contribution in [-0.4, -0.2) is 29.3 Å². The van der Waals surface area contributed by atoms with E-state index in [0.717, 1.165) is 30.4 Å². The van der Waals surface area contributed by atoms with Crippen LogP contribution in [0.15, 0.2) is 12.1 Å². The van der Waals surface area contributed by atoms with Crippen LogP contribution >= 0.6 is 0 Å². The second-order valence-corrected chi connectivity index (χ2v) is 5.95. The summed E-state index contributed by atoms with van der Waals surface area (Å²) in [6.07, 6.45) is 8.91. The molecule has 1 aliphatic carbocycles. The Balaban J connectivity index is 1.52. The number of aromatic nitrogens is 2. The SMILES string of the molecule is c1cc(NC2CCCC2)nnc1C[C@H]1CCCNC1. The van der Waals surface area contributed by atoms with Gasteiger partial charge in [-0.3, -0.25) is 0 Å². The maximum absolute atomic E-state index is 4.37. The third-order valence-electron chi connectivity index (χ3n) is 4.32. The normalized spacial score (nSPS) is 24.5. The zero-order valence-electron chi connectivity index (χ0n) is 11.6. The van der Waals surface area contributed by atoms with Gasteiger partial charge in [0.15, 0.2) is 0 Å². The van der Waals surface area contributed by atoms with E-state index in [1.807, 2.05) is 0 Å². The van der Waals surface area contributed by atoms with Crippen LogP contribution in [0, 0.1) is 5.92 Å². The largest absolute Gasteiger partial charge is 0.366 e. The van der Waals surface area contributed by atoms with E-state index < -0.39 is 0 Å². The molecular weight excluding hydrogens is 236 g/mol. The molecule has 1 aromatic rings. The topological polar surface area (TPSA) is 49.8 Å². The van der Waals surface area contributed by atoms with Crippen LogP contribution in [0.2, 0.25) is 0 Å². The minimum Gasteiger partial charge on any atom is -0.366 e. The van der Waals surface area contributed by atoms with Crippen LogP contribution in [0.5, 0.6) is 0 Å². The molecule has 1 aromatic heterocycles. The Bertz CT molecular complexity index is 378. The van der Waals surface area contributed by atoms with Crippen molar-refractivity contribution in [3.8, 4) is 0 Å². The van der Waals surface area contributed by atoms with Crippen molar-refractivity contribution in [2.45, 2.75) is 51.0 Å². The highest BCUT2D eigenvalue weighted by Crippen LogP contribution is 2.21. The van der Waals surface area contributed by atoms with Gasteiger partial charge in [-0.1, -0.05) is 12.8 Å². The molecule has 0 unspecified atom stereocenters. The zero-order valence-corrected chi connectivity index (χ0v) is 11.6. The second kappa shape index (κ2) is 6.33. The fourth-order valence-corrected chi connectivity index (χ4v) is 3.22. The first-order chi connectivity index (χ1) is 9.40. The Kier molecular flexibility index (Phi) is 4.28. The molecule has 104 valence electrons. The van der Waals surface area contributed by atoms with Gasteiger partial charge < -0.3 is 10.6 Å². The molecule has 0 aromatic carbocycles. The maximum atomic E-state index is 4.37. The first-order valence-corrected chi connectivity index (χ1v) is 7.70. The van der Waals surface area contributed by atoms with E-state index in [1.165, 1.54) is 45.1 Å². The van der Waals surface area contributed by atoms with Crippen LogP contribution in [0.4, 0.5) is 5.82 Å². The number of hydrogen-bond acceptors (Lipinski definition) is 4. The molecule has 1 atom stereocenters. The van der Waals surface area contributed by atoms with Crippen molar-refractivity contribution in [3.63, 3.8) is 0 Å². The van der Waals surface area contributed by atoms with Crippen molar-refractivity contribution in [2.75, 3.05) is 18.4 Å². The van der Waals surface area contributed by atoms with E-state index in [0.29, 0.717) is 6.04 Å². The summed E-state index contributed by atoms with van der Waals surface area (Å²) in [5.74, 6) is 1.68. The van der Waals surface area contributed by atoms with Crippen molar-refractivity contribution < 1.29 is 0 Å². The average molecular weight is 260 g/mol. The molecule has 2 N–H and O–H groups in total. The Hall–Kier alpha value is -1.16. The maximum Gasteiger partial charge on any atom is 0.148 e. The van der Waals surface area contributed by atoms with Crippen molar-refractivity contribution in [1.82, 2.24) is 15.5 Å². The van der Waals surface area contributed by atoms with E-state index >= 15 is 0 Å². The van der Waals surface area contributed by atoms with E-state index in [1.54, 1.807) is 0 Å². The Labute approximate surface area is 115 Å². The summed E-state index contributed by atoms with van der Waals surface area (Å²) in [5, 5.41) is 15.6. The number of piperidine rings is 1. The zero-order chi connectivity index (χ0) is 12.9. The second-order valence-electron chi connectivity index (χ2n) is 5.95. The van der Waals surface area contributed by atoms with Gasteiger partial charge in [0.2, 0.25) is 0 Å². The van der Waals surface area contributed by atoms with Crippen molar-refractivity contribution in [2.24, 2.45) is 5.92 Å². The van der Waals surface area contributed by atoms with Gasteiger partial charge in [-0.05, 0) is 63.2 Å². The van der Waals surface area contributed by atoms with Gasteiger partial charge >= 0.3 is 0 Å². The highest BCUT2D eigenvalue weighted by atomic mass is 15.2. The highest BCUT2D eigenvalue weighted by molar-refractivity contribution is 5.34. The van der Waals surface area contributed by atoms with Crippen LogP contribution in [0.3, 0.4) is 0 Å². The molecule has 0 amide bonds. The van der Waals surface area contributed by atoms with Crippen molar-refractivity contribution in [1.29, 1.82) is 0 Å². The summed E-state index contributed by atoms with van der Waals surface area (Å²) in [6.45, 7) is 2.30. The predicted octanol–water partition coefficient (Wildman–Crippen LogP) is 2.37. The number of rotatable bonds is 4. The number of hydrogen-bond donors (Lipinski definition) is 2. The molecule has 0 spiro atoms. The van der Waals surface area contributed by atoms with Crippen LogP contribution < -0.4 is 10.6 Å². The molecule has 0 bridgehead atoms. The molecule has 0 radical (unpaired) electrons. The van der Waals surface area contributed by atoms with Gasteiger partial charge in [0.25, 0.3) is 0 Å². The van der Waals surface area contributed by atoms with Crippen molar-refractivity contribution >= 4 is 5.82 Å². The molecule has 19 heavy (non-hydrogen) atoms. The lowest BCUT2D eigenvalue weighted by atomic mass is 9.95. The van der Waals surface area contributed by atoms with Crippen LogP contribution in [0.1, 0.15) is 44.2 Å². The molecule has 1 saturated carbocycles. The lowest BCUT2D eigenvalue weighted by molar-refractivity contribution is 0.373. The Morgan fingerprint density at radius 2 is 2.00 bits per heavy atom. The molecule has 1 saturated heterocycles. The van der Waals surface area contributed by atoms with Gasteiger partial charge in [-0.25, -0.2) is 0 Å². The van der Waals surface area contributed by atoms with Crippen LogP contribution in [-0.2, 0) is 6.42 Å². The smallest absolute Gasteiger partial charge is 0.148 e. The quantitative estimate of drug-likeness (QED) is 0.872. The summed E-state index contributed by atoms with van der Waals surface area (Å²) in [4.78, 5) is 0. The molecule has 2 heterocycles. The summed E-state index contributed by atoms with van der Waals surface area (Å²) >= 11 is 0. The molecule has 2 fully saturated rings.